The predicted octanol–water partition coefficient (Wildman–Crippen LogP) is 2.32. The maximum absolute atomic E-state index is 11.2. The lowest BCUT2D eigenvalue weighted by molar-refractivity contribution is -0.385. The number of nitrogens with zero attached hydrogens (tertiary/aromatic N) is 2. The van der Waals surface area contributed by atoms with Crippen molar-refractivity contribution in [1.29, 1.82) is 0 Å². The summed E-state index contributed by atoms with van der Waals surface area (Å²) in [6.07, 6.45) is 0. The minimum atomic E-state index is -0.459. The average Bonchev–Trinajstić information content (AvgIpc) is 2.36. The predicted molar refractivity (Wildman–Crippen MR) is 79.6 cm³/mol. The first kappa shape index (κ1) is 14.5. The Morgan fingerprint density at radius 1 is 1.50 bits per heavy atom. The van der Waals surface area contributed by atoms with Gasteiger partial charge in [-0.25, -0.2) is 4.98 Å². The molecule has 1 aromatic heterocycles. The lowest BCUT2D eigenvalue weighted by Crippen LogP contribution is -2.09. The summed E-state index contributed by atoms with van der Waals surface area (Å²) < 4.78 is 0.420. The van der Waals surface area contributed by atoms with Gasteiger partial charge in [0.2, 0.25) is 0 Å². The molecule has 2 rings (SSSR count). The van der Waals surface area contributed by atoms with E-state index in [4.69, 9.17) is 5.73 Å². The average molecular weight is 357 g/mol. The number of benzene rings is 1. The van der Waals surface area contributed by atoms with Crippen LogP contribution in [0.5, 0.6) is 0 Å². The van der Waals surface area contributed by atoms with Gasteiger partial charge in [0.25, 0.3) is 11.2 Å². The summed E-state index contributed by atoms with van der Waals surface area (Å²) in [5.74, 6) is 0.545. The second-order valence-electron chi connectivity index (χ2n) is 3.77. The molecule has 0 aliphatic heterocycles. The van der Waals surface area contributed by atoms with E-state index in [2.05, 4.69) is 25.9 Å². The number of rotatable bonds is 4. The van der Waals surface area contributed by atoms with E-state index in [9.17, 15) is 14.9 Å². The highest BCUT2D eigenvalue weighted by Crippen LogP contribution is 2.31. The molecule has 2 aromatic rings. The van der Waals surface area contributed by atoms with Gasteiger partial charge in [0.1, 0.15) is 5.82 Å². The number of nitro groups is 1. The van der Waals surface area contributed by atoms with E-state index in [1.165, 1.54) is 23.9 Å². The number of nitrogen functional groups attached to an aromatic ring is 1. The van der Waals surface area contributed by atoms with Gasteiger partial charge in [0, 0.05) is 17.9 Å². The molecule has 7 nitrogen and oxygen atoms in total. The maximum atomic E-state index is 11.2. The van der Waals surface area contributed by atoms with Gasteiger partial charge in [-0.2, -0.15) is 0 Å². The van der Waals surface area contributed by atoms with Crippen LogP contribution in [-0.2, 0) is 5.75 Å². The van der Waals surface area contributed by atoms with Crippen molar-refractivity contribution in [2.45, 2.75) is 10.9 Å². The molecule has 1 heterocycles. The van der Waals surface area contributed by atoms with Crippen LogP contribution in [0.2, 0.25) is 0 Å². The van der Waals surface area contributed by atoms with Crippen LogP contribution in [0.4, 0.5) is 11.5 Å². The van der Waals surface area contributed by atoms with Crippen molar-refractivity contribution in [3.8, 4) is 0 Å². The molecule has 0 bridgehead atoms. The monoisotopic (exact) mass is 356 g/mol. The quantitative estimate of drug-likeness (QED) is 0.376. The van der Waals surface area contributed by atoms with E-state index in [1.807, 2.05) is 0 Å². The number of aromatic nitrogens is 2. The van der Waals surface area contributed by atoms with Crippen LogP contribution < -0.4 is 11.3 Å². The number of nitro benzene ring substituents is 1. The third-order valence-electron chi connectivity index (χ3n) is 2.36. The molecule has 0 saturated carbocycles. The molecule has 20 heavy (non-hydrogen) atoms. The summed E-state index contributed by atoms with van der Waals surface area (Å²) in [6.45, 7) is 0. The van der Waals surface area contributed by atoms with E-state index in [0.29, 0.717) is 15.4 Å². The second kappa shape index (κ2) is 6.06. The number of nitrogens with one attached hydrogen (secondary N) is 1. The minimum absolute atomic E-state index is 0.00266. The summed E-state index contributed by atoms with van der Waals surface area (Å²) in [4.78, 5) is 28.1. The third kappa shape index (κ3) is 3.36. The molecule has 0 radical (unpaired) electrons. The molecule has 0 unspecified atom stereocenters. The Balaban J connectivity index is 2.21. The molecule has 3 N–H and O–H groups in total. The number of hydrogen-bond acceptors (Lipinski definition) is 6. The van der Waals surface area contributed by atoms with Gasteiger partial charge in [0.15, 0.2) is 5.16 Å². The first-order valence-electron chi connectivity index (χ1n) is 5.39. The molecule has 104 valence electrons. The zero-order chi connectivity index (χ0) is 14.7. The summed E-state index contributed by atoms with van der Waals surface area (Å²) in [5, 5.41) is 11.2. The highest BCUT2D eigenvalue weighted by atomic mass is 79.9. The van der Waals surface area contributed by atoms with E-state index in [-0.39, 0.29) is 17.1 Å². The van der Waals surface area contributed by atoms with E-state index >= 15 is 0 Å². The van der Waals surface area contributed by atoms with Crippen molar-refractivity contribution in [2.75, 3.05) is 5.73 Å². The highest BCUT2D eigenvalue weighted by molar-refractivity contribution is 9.10. The Bertz CT molecular complexity index is 719. The minimum Gasteiger partial charge on any atom is -0.383 e. The lowest BCUT2D eigenvalue weighted by Gasteiger charge is -2.04. The highest BCUT2D eigenvalue weighted by Gasteiger charge is 2.15. The Morgan fingerprint density at radius 2 is 2.25 bits per heavy atom. The third-order valence-corrected chi connectivity index (χ3v) is 4.20. The van der Waals surface area contributed by atoms with Crippen LogP contribution >= 0.6 is 27.7 Å². The Kier molecular flexibility index (Phi) is 4.40. The topological polar surface area (TPSA) is 115 Å². The van der Waals surface area contributed by atoms with E-state index in [1.54, 1.807) is 12.1 Å². The molecule has 0 spiro atoms. The van der Waals surface area contributed by atoms with Crippen LogP contribution in [0.25, 0.3) is 0 Å². The second-order valence-corrected chi connectivity index (χ2v) is 5.53. The van der Waals surface area contributed by atoms with Crippen LogP contribution in [0.1, 0.15) is 5.56 Å². The molecule has 0 amide bonds. The summed E-state index contributed by atoms with van der Waals surface area (Å²) in [6, 6.07) is 5.97. The van der Waals surface area contributed by atoms with Crippen molar-refractivity contribution in [3.05, 3.63) is 54.8 Å². The number of H-pyrrole nitrogens is 1. The molecular formula is C11H9BrN4O3S. The number of anilines is 1. The molecule has 0 aliphatic rings. The zero-order valence-corrected chi connectivity index (χ0v) is 12.4. The largest absolute Gasteiger partial charge is 0.383 e. The fraction of sp³-hybridized carbons (Fsp3) is 0.0909. The van der Waals surface area contributed by atoms with E-state index < -0.39 is 4.92 Å². The zero-order valence-electron chi connectivity index (χ0n) is 10.00. The maximum Gasteiger partial charge on any atom is 0.283 e. The molecule has 9 heteroatoms. The Hall–Kier alpha value is -1.87. The number of halogens is 1. The van der Waals surface area contributed by atoms with Gasteiger partial charge >= 0.3 is 0 Å². The normalized spacial score (nSPS) is 10.4. The Morgan fingerprint density at radius 3 is 2.90 bits per heavy atom. The van der Waals surface area contributed by atoms with Gasteiger partial charge in [-0.1, -0.05) is 23.9 Å². The van der Waals surface area contributed by atoms with Crippen molar-refractivity contribution in [2.24, 2.45) is 0 Å². The molecular weight excluding hydrogens is 348 g/mol. The SMILES string of the molecule is Nc1cc(=O)[nH]c(SCc2cccc([N+](=O)[O-])c2Br)n1. The molecule has 0 aliphatic carbocycles. The summed E-state index contributed by atoms with van der Waals surface area (Å²) >= 11 is 4.45. The van der Waals surface area contributed by atoms with Crippen LogP contribution in [0.3, 0.4) is 0 Å². The first-order chi connectivity index (χ1) is 9.47. The van der Waals surface area contributed by atoms with Crippen molar-refractivity contribution in [1.82, 2.24) is 9.97 Å². The summed E-state index contributed by atoms with van der Waals surface area (Å²) in [7, 11) is 0. The molecule has 0 fully saturated rings. The van der Waals surface area contributed by atoms with Crippen molar-refractivity contribution >= 4 is 39.2 Å². The van der Waals surface area contributed by atoms with Gasteiger partial charge in [0.05, 0.1) is 9.40 Å². The Labute approximate surface area is 125 Å². The fourth-order valence-corrected chi connectivity index (χ4v) is 3.10. The summed E-state index contributed by atoms with van der Waals surface area (Å²) in [5.41, 5.74) is 5.87. The number of nitrogens with two attached hydrogens (primary N) is 1. The van der Waals surface area contributed by atoms with Crippen molar-refractivity contribution in [3.63, 3.8) is 0 Å². The molecule has 0 atom stereocenters. The fourth-order valence-electron chi connectivity index (χ4n) is 1.49. The van der Waals surface area contributed by atoms with Crippen LogP contribution in [0, 0.1) is 10.1 Å². The number of hydrogen-bond donors (Lipinski definition) is 2. The lowest BCUT2D eigenvalue weighted by atomic mass is 10.2. The van der Waals surface area contributed by atoms with Crippen LogP contribution in [0.15, 0.2) is 38.7 Å². The first-order valence-corrected chi connectivity index (χ1v) is 7.16. The number of thioether (sulfide) groups is 1. The standard InChI is InChI=1S/C11H9BrN4O3S/c12-10-6(2-1-3-7(10)16(18)19)5-20-11-14-8(13)4-9(17)15-11/h1-4H,5H2,(H3,13,14,15,17). The van der Waals surface area contributed by atoms with Gasteiger partial charge < -0.3 is 10.7 Å². The molecule has 1 aromatic carbocycles. The van der Waals surface area contributed by atoms with E-state index in [0.717, 1.165) is 5.56 Å². The smallest absolute Gasteiger partial charge is 0.283 e. The van der Waals surface area contributed by atoms with Gasteiger partial charge in [-0.15, -0.1) is 0 Å². The van der Waals surface area contributed by atoms with Crippen molar-refractivity contribution < 1.29 is 4.92 Å². The molecule has 0 saturated heterocycles. The van der Waals surface area contributed by atoms with Gasteiger partial charge in [-0.05, 0) is 21.5 Å². The van der Waals surface area contributed by atoms with Crippen LogP contribution in [-0.4, -0.2) is 14.9 Å². The number of aromatic amines is 1. The van der Waals surface area contributed by atoms with Gasteiger partial charge in [-0.3, -0.25) is 14.9 Å².